The Balaban J connectivity index is 1.29. The van der Waals surface area contributed by atoms with E-state index in [1.54, 1.807) is 48.5 Å². The van der Waals surface area contributed by atoms with Gasteiger partial charge in [-0.1, -0.05) is 98.8 Å². The normalized spacial score (nSPS) is 16.4. The summed E-state index contributed by atoms with van der Waals surface area (Å²) in [7, 11) is 0. The molecule has 9 heteroatoms. The molecule has 5 rings (SSSR count). The largest absolute Gasteiger partial charge is 0.493 e. The molecule has 1 heterocycles. The van der Waals surface area contributed by atoms with E-state index >= 15 is 0 Å². The molecule has 0 amide bonds. The van der Waals surface area contributed by atoms with Crippen LogP contribution in [0.15, 0.2) is 149 Å². The zero-order valence-corrected chi connectivity index (χ0v) is 32.1. The third-order valence-corrected chi connectivity index (χ3v) is 9.30. The highest BCUT2D eigenvalue weighted by molar-refractivity contribution is 5.89. The first-order chi connectivity index (χ1) is 26.9. The molecule has 3 aromatic rings. The smallest absolute Gasteiger partial charge is 0.338 e. The van der Waals surface area contributed by atoms with Crippen LogP contribution >= 0.6 is 0 Å². The standard InChI is InChI=1S/C47H44N4O5/c1-46(2)30-35(13-12-18-41-42(50-5)43(39(32-48)33-49)56-47(41,3)4)29-36(31-46)20-19-34-21-23-40(24-22-34)51(25-27-54-44(52)37-14-8-6-9-15-37)26-28-55-45(53)38-16-10-7-11-17-38/h6-24,29H,25-28,30-31H2,1-4H3/b18-12+,20-19+,35-13-. The van der Waals surface area contributed by atoms with Gasteiger partial charge in [0.15, 0.2) is 11.3 Å². The number of allylic oxidation sites excluding steroid dienone is 7. The van der Waals surface area contributed by atoms with Crippen LogP contribution in [0.1, 0.15) is 66.8 Å². The van der Waals surface area contributed by atoms with Crippen LogP contribution in [0.25, 0.3) is 10.9 Å². The Kier molecular flexibility index (Phi) is 13.3. The number of hydrogen-bond donors (Lipinski definition) is 0. The zero-order chi connectivity index (χ0) is 40.1. The quantitative estimate of drug-likeness (QED) is 0.0965. The summed E-state index contributed by atoms with van der Waals surface area (Å²) in [6.45, 7) is 16.9. The summed E-state index contributed by atoms with van der Waals surface area (Å²) >= 11 is 0. The van der Waals surface area contributed by atoms with Crippen LogP contribution in [0.2, 0.25) is 0 Å². The van der Waals surface area contributed by atoms with Crippen molar-refractivity contribution in [2.75, 3.05) is 31.2 Å². The first-order valence-corrected chi connectivity index (χ1v) is 18.3. The number of nitriles is 2. The average Bonchev–Trinajstić information content (AvgIpc) is 3.45. The molecule has 0 saturated carbocycles. The zero-order valence-electron chi connectivity index (χ0n) is 32.1. The molecule has 0 bridgehead atoms. The van der Waals surface area contributed by atoms with Crippen molar-refractivity contribution in [1.82, 2.24) is 0 Å². The van der Waals surface area contributed by atoms with Crippen LogP contribution < -0.4 is 4.90 Å². The number of anilines is 1. The topological polar surface area (TPSA) is 117 Å². The van der Waals surface area contributed by atoms with Crippen molar-refractivity contribution in [1.29, 1.82) is 10.5 Å². The van der Waals surface area contributed by atoms with Gasteiger partial charge < -0.3 is 19.1 Å². The third kappa shape index (κ3) is 10.6. The van der Waals surface area contributed by atoms with Gasteiger partial charge in [0.25, 0.3) is 0 Å². The molecule has 0 unspecified atom stereocenters. The molecule has 56 heavy (non-hydrogen) atoms. The molecule has 0 fully saturated rings. The van der Waals surface area contributed by atoms with Crippen molar-refractivity contribution in [3.63, 3.8) is 0 Å². The molecule has 1 aliphatic carbocycles. The van der Waals surface area contributed by atoms with E-state index in [0.29, 0.717) is 29.8 Å². The maximum absolute atomic E-state index is 12.6. The minimum Gasteiger partial charge on any atom is -0.493 e. The first-order valence-electron chi connectivity index (χ1n) is 18.3. The molecule has 0 saturated heterocycles. The molecular formula is C47H44N4O5. The Labute approximate surface area is 329 Å². The second-order valence-electron chi connectivity index (χ2n) is 14.7. The number of rotatable bonds is 13. The number of hydrogen-bond acceptors (Lipinski definition) is 8. The van der Waals surface area contributed by atoms with Gasteiger partial charge in [-0.2, -0.15) is 10.5 Å². The van der Waals surface area contributed by atoms with Crippen molar-refractivity contribution in [2.45, 2.75) is 46.1 Å². The van der Waals surface area contributed by atoms with Gasteiger partial charge in [-0.3, -0.25) is 0 Å². The van der Waals surface area contributed by atoms with Crippen molar-refractivity contribution in [2.24, 2.45) is 5.41 Å². The number of esters is 2. The number of benzene rings is 3. The Morgan fingerprint density at radius 3 is 1.93 bits per heavy atom. The predicted octanol–water partition coefficient (Wildman–Crippen LogP) is 9.73. The second-order valence-corrected chi connectivity index (χ2v) is 14.7. The van der Waals surface area contributed by atoms with Gasteiger partial charge in [0.05, 0.1) is 30.8 Å². The third-order valence-electron chi connectivity index (χ3n) is 9.30. The maximum atomic E-state index is 12.6. The maximum Gasteiger partial charge on any atom is 0.338 e. The summed E-state index contributed by atoms with van der Waals surface area (Å²) < 4.78 is 17.0. The van der Waals surface area contributed by atoms with Crippen molar-refractivity contribution in [3.8, 4) is 12.1 Å². The summed E-state index contributed by atoms with van der Waals surface area (Å²) in [5, 5.41) is 18.7. The molecule has 0 N–H and O–H groups in total. The fourth-order valence-electron chi connectivity index (χ4n) is 6.62. The van der Waals surface area contributed by atoms with E-state index in [0.717, 1.165) is 29.7 Å². The van der Waals surface area contributed by atoms with Crippen LogP contribution in [0.3, 0.4) is 0 Å². The lowest BCUT2D eigenvalue weighted by Gasteiger charge is -2.30. The molecule has 0 atom stereocenters. The van der Waals surface area contributed by atoms with Crippen molar-refractivity contribution >= 4 is 23.7 Å². The van der Waals surface area contributed by atoms with Gasteiger partial charge >= 0.3 is 11.9 Å². The Morgan fingerprint density at radius 1 is 0.821 bits per heavy atom. The fourth-order valence-corrected chi connectivity index (χ4v) is 6.62. The van der Waals surface area contributed by atoms with Gasteiger partial charge in [-0.05, 0) is 85.2 Å². The van der Waals surface area contributed by atoms with E-state index in [2.05, 4.69) is 36.9 Å². The van der Waals surface area contributed by atoms with E-state index in [1.807, 2.05) is 85.5 Å². The molecule has 3 aromatic carbocycles. The molecule has 2 aliphatic rings. The molecule has 0 radical (unpaired) electrons. The Bertz CT molecular complexity index is 2160. The van der Waals surface area contributed by atoms with Crippen molar-refractivity contribution in [3.05, 3.63) is 177 Å². The molecule has 1 aliphatic heterocycles. The van der Waals surface area contributed by atoms with Crippen LogP contribution in [-0.4, -0.2) is 43.8 Å². The lowest BCUT2D eigenvalue weighted by Crippen LogP contribution is -2.32. The second kappa shape index (κ2) is 18.4. The molecule has 0 aromatic heterocycles. The molecule has 9 nitrogen and oxygen atoms in total. The molecule has 0 spiro atoms. The molecular weight excluding hydrogens is 701 g/mol. The lowest BCUT2D eigenvalue weighted by molar-refractivity contribution is 0.0504. The van der Waals surface area contributed by atoms with Crippen LogP contribution in [-0.2, 0) is 14.2 Å². The summed E-state index contributed by atoms with van der Waals surface area (Å²) in [6.07, 6.45) is 13.9. The number of carbonyl (C=O) groups excluding carboxylic acids is 2. The van der Waals surface area contributed by atoms with E-state index in [4.69, 9.17) is 20.8 Å². The van der Waals surface area contributed by atoms with Gasteiger partial charge in [-0.25, -0.2) is 14.4 Å². The number of carbonyl (C=O) groups is 2. The average molecular weight is 745 g/mol. The highest BCUT2D eigenvalue weighted by Gasteiger charge is 2.38. The number of ether oxygens (including phenoxy) is 3. The SMILES string of the molecule is [C-]#[N+]C1=C(/C=C/C=C2C=C(/C=C/c3ccc(N(CCOC(=O)c4ccccc4)CCOC(=O)c4ccccc4)cc3)CC(C)(C)C/2)C(C)(C)OC1=C(C#N)C#N. The number of nitrogens with zero attached hydrogens (tertiary/aromatic N) is 4. The van der Waals surface area contributed by atoms with Crippen LogP contribution in [0.5, 0.6) is 0 Å². The summed E-state index contributed by atoms with van der Waals surface area (Å²) in [4.78, 5) is 30.8. The fraction of sp³-hybridized carbons (Fsp3) is 0.255. The predicted molar refractivity (Wildman–Crippen MR) is 217 cm³/mol. The van der Waals surface area contributed by atoms with Crippen LogP contribution in [0, 0.1) is 34.6 Å². The van der Waals surface area contributed by atoms with Gasteiger partial charge in [0, 0.05) is 11.3 Å². The van der Waals surface area contributed by atoms with Gasteiger partial charge in [0.2, 0.25) is 5.70 Å². The van der Waals surface area contributed by atoms with E-state index in [1.165, 1.54) is 5.57 Å². The minimum atomic E-state index is -0.865. The Hall–Kier alpha value is -6.89. The van der Waals surface area contributed by atoms with Gasteiger partial charge in [0.1, 0.15) is 31.0 Å². The van der Waals surface area contributed by atoms with E-state index in [9.17, 15) is 20.1 Å². The minimum absolute atomic E-state index is 0.0213. The summed E-state index contributed by atoms with van der Waals surface area (Å²) in [6, 6.07) is 29.4. The summed E-state index contributed by atoms with van der Waals surface area (Å²) in [5.41, 5.74) is 4.93. The van der Waals surface area contributed by atoms with Crippen LogP contribution in [0.4, 0.5) is 5.69 Å². The van der Waals surface area contributed by atoms with Crippen molar-refractivity contribution < 1.29 is 23.8 Å². The Morgan fingerprint density at radius 2 is 1.39 bits per heavy atom. The van der Waals surface area contributed by atoms with Gasteiger partial charge in [-0.15, -0.1) is 0 Å². The highest BCUT2D eigenvalue weighted by Crippen LogP contribution is 2.42. The monoisotopic (exact) mass is 744 g/mol. The van der Waals surface area contributed by atoms with E-state index in [-0.39, 0.29) is 35.7 Å². The highest BCUT2D eigenvalue weighted by atomic mass is 16.5. The molecule has 282 valence electrons. The summed E-state index contributed by atoms with van der Waals surface area (Å²) in [5.74, 6) is -0.761. The lowest BCUT2D eigenvalue weighted by atomic mass is 9.75. The first kappa shape index (κ1) is 40.3. The van der Waals surface area contributed by atoms with E-state index < -0.39 is 17.5 Å².